The largest absolute Gasteiger partial charge is 0.285 e. The Morgan fingerprint density at radius 3 is 2.06 bits per heavy atom. The van der Waals surface area contributed by atoms with Crippen LogP contribution in [0.4, 0.5) is 5.69 Å². The molecule has 6 nitrogen and oxygen atoms in total. The van der Waals surface area contributed by atoms with Crippen molar-refractivity contribution in [1.29, 1.82) is 0 Å². The zero-order valence-corrected chi connectivity index (χ0v) is 16.7. The fourth-order valence-electron chi connectivity index (χ4n) is 6.06. The minimum absolute atomic E-state index is 0.345. The summed E-state index contributed by atoms with van der Waals surface area (Å²) in [6.45, 7) is 1.88. The first-order valence-corrected chi connectivity index (χ1v) is 10.3. The maximum Gasteiger partial charge on any atom is 0.285 e. The first-order chi connectivity index (χ1) is 15.0. The molecule has 2 atom stereocenters. The highest BCUT2D eigenvalue weighted by atomic mass is 16.6. The zero-order valence-electron chi connectivity index (χ0n) is 16.7. The second-order valence-electron chi connectivity index (χ2n) is 8.53. The quantitative estimate of drug-likeness (QED) is 0.366. The molecule has 31 heavy (non-hydrogen) atoms. The van der Waals surface area contributed by atoms with Crippen molar-refractivity contribution in [2.24, 2.45) is 11.8 Å². The Bertz CT molecular complexity index is 1270. The zero-order chi connectivity index (χ0) is 21.5. The van der Waals surface area contributed by atoms with Gasteiger partial charge in [-0.25, -0.2) is 4.90 Å². The van der Waals surface area contributed by atoms with Gasteiger partial charge in [-0.05, 0) is 35.7 Å². The molecule has 0 N–H and O–H groups in total. The fraction of sp³-hybridized carbons (Fsp3) is 0.200. The van der Waals surface area contributed by atoms with Crippen LogP contribution in [-0.2, 0) is 15.1 Å². The average Bonchev–Trinajstić information content (AvgIpc) is 3.04. The van der Waals surface area contributed by atoms with Crippen LogP contribution in [0.5, 0.6) is 0 Å². The van der Waals surface area contributed by atoms with Gasteiger partial charge in [0, 0.05) is 22.0 Å². The van der Waals surface area contributed by atoms with E-state index in [1.807, 2.05) is 37.3 Å². The van der Waals surface area contributed by atoms with E-state index in [1.165, 1.54) is 4.90 Å². The third kappa shape index (κ3) is 1.97. The predicted molar refractivity (Wildman–Crippen MR) is 113 cm³/mol. The number of amides is 2. The van der Waals surface area contributed by atoms with Gasteiger partial charge in [0.25, 0.3) is 5.54 Å². The van der Waals surface area contributed by atoms with Crippen molar-refractivity contribution in [2.45, 2.75) is 18.4 Å². The van der Waals surface area contributed by atoms with Crippen LogP contribution in [0, 0.1) is 28.9 Å². The topological polar surface area (TPSA) is 80.5 Å². The minimum Gasteiger partial charge on any atom is -0.274 e. The van der Waals surface area contributed by atoms with E-state index in [9.17, 15) is 19.7 Å². The number of nitro groups is 1. The number of nitrogens with zero attached hydrogens (tertiary/aromatic N) is 2. The molecule has 6 heteroatoms. The van der Waals surface area contributed by atoms with E-state index in [4.69, 9.17) is 0 Å². The Kier molecular flexibility index (Phi) is 3.41. The molecule has 3 aliphatic carbocycles. The van der Waals surface area contributed by atoms with E-state index >= 15 is 0 Å². The number of carbonyl (C=O) groups is 2. The average molecular weight is 410 g/mol. The number of hydrogen-bond acceptors (Lipinski definition) is 4. The molecule has 0 radical (unpaired) electrons. The van der Waals surface area contributed by atoms with Gasteiger partial charge in [-0.15, -0.1) is 0 Å². The van der Waals surface area contributed by atoms with Crippen molar-refractivity contribution < 1.29 is 14.5 Å². The molecule has 152 valence electrons. The fourth-order valence-corrected chi connectivity index (χ4v) is 6.06. The molecule has 0 spiro atoms. The summed E-state index contributed by atoms with van der Waals surface area (Å²) in [5.41, 5.74) is 2.19. The highest BCUT2D eigenvalue weighted by Gasteiger charge is 2.74. The van der Waals surface area contributed by atoms with E-state index in [2.05, 4.69) is 0 Å². The molecule has 0 saturated carbocycles. The molecule has 1 heterocycles. The van der Waals surface area contributed by atoms with Gasteiger partial charge < -0.3 is 0 Å². The molecule has 1 aliphatic heterocycles. The van der Waals surface area contributed by atoms with Crippen molar-refractivity contribution in [1.82, 2.24) is 0 Å². The van der Waals surface area contributed by atoms with Gasteiger partial charge >= 0.3 is 0 Å². The lowest BCUT2D eigenvalue weighted by Gasteiger charge is -2.48. The summed E-state index contributed by atoms with van der Waals surface area (Å²) in [5, 5.41) is 12.9. The second kappa shape index (κ2) is 5.88. The third-order valence-electron chi connectivity index (χ3n) is 7.12. The molecular weight excluding hydrogens is 392 g/mol. The van der Waals surface area contributed by atoms with Crippen molar-refractivity contribution in [3.05, 3.63) is 111 Å². The van der Waals surface area contributed by atoms with Crippen LogP contribution in [0.25, 0.3) is 0 Å². The minimum atomic E-state index is -1.78. The van der Waals surface area contributed by atoms with E-state index in [0.29, 0.717) is 16.8 Å². The Hall–Kier alpha value is -3.80. The smallest absolute Gasteiger partial charge is 0.274 e. The van der Waals surface area contributed by atoms with E-state index < -0.39 is 23.3 Å². The maximum absolute atomic E-state index is 13.8. The van der Waals surface area contributed by atoms with Gasteiger partial charge in [-0.1, -0.05) is 60.7 Å². The van der Waals surface area contributed by atoms with Crippen molar-refractivity contribution in [3.63, 3.8) is 0 Å². The van der Waals surface area contributed by atoms with Crippen LogP contribution in [0.3, 0.4) is 0 Å². The maximum atomic E-state index is 13.8. The number of rotatable bonds is 2. The van der Waals surface area contributed by atoms with Crippen LogP contribution in [0.2, 0.25) is 0 Å². The SMILES string of the molecule is Cc1cccc(N2C(=O)[C@@H]3C4c5ccccc5C([N+](=O)[O-])(c5ccccc54)[C@@H]3C2=O)c1. The van der Waals surface area contributed by atoms with E-state index in [1.54, 1.807) is 42.5 Å². The van der Waals surface area contributed by atoms with Gasteiger partial charge in [0.15, 0.2) is 0 Å². The molecule has 2 amide bonds. The second-order valence-corrected chi connectivity index (χ2v) is 8.53. The Morgan fingerprint density at radius 2 is 1.48 bits per heavy atom. The number of imide groups is 1. The van der Waals surface area contributed by atoms with Crippen molar-refractivity contribution in [2.75, 3.05) is 4.90 Å². The van der Waals surface area contributed by atoms with Crippen molar-refractivity contribution in [3.8, 4) is 0 Å². The number of hydrogen-bond donors (Lipinski definition) is 0. The first-order valence-electron chi connectivity index (χ1n) is 10.3. The van der Waals surface area contributed by atoms with Crippen LogP contribution in [0.1, 0.15) is 33.7 Å². The molecule has 4 aliphatic rings. The van der Waals surface area contributed by atoms with Gasteiger partial charge in [-0.3, -0.25) is 19.7 Å². The lowest BCUT2D eigenvalue weighted by atomic mass is 9.51. The Balaban J connectivity index is 1.68. The van der Waals surface area contributed by atoms with Crippen LogP contribution in [0.15, 0.2) is 72.8 Å². The monoisotopic (exact) mass is 410 g/mol. The molecule has 3 aromatic carbocycles. The van der Waals surface area contributed by atoms with Crippen molar-refractivity contribution >= 4 is 17.5 Å². The molecule has 3 aromatic rings. The lowest BCUT2D eigenvalue weighted by molar-refractivity contribution is -0.578. The Morgan fingerprint density at radius 1 is 0.871 bits per heavy atom. The summed E-state index contributed by atoms with van der Waals surface area (Å²) in [7, 11) is 0. The standard InChI is InChI=1S/C25H18N2O4/c1-14-7-6-8-15(13-14)26-23(28)21-20-16-9-2-4-11-18(16)25(27(30)31,22(21)24(26)29)19-12-5-3-10-17(19)20/h2-13,20-22H,1H3/t20?,21-,22+,25?/m1/s1. The molecule has 1 saturated heterocycles. The summed E-state index contributed by atoms with van der Waals surface area (Å²) >= 11 is 0. The molecular formula is C25H18N2O4. The van der Waals surface area contributed by atoms with Gasteiger partial charge in [0.1, 0.15) is 5.92 Å². The predicted octanol–water partition coefficient (Wildman–Crippen LogP) is 3.78. The Labute approximate surface area is 178 Å². The summed E-state index contributed by atoms with van der Waals surface area (Å²) in [6, 6.07) is 21.6. The van der Waals surface area contributed by atoms with Crippen LogP contribution >= 0.6 is 0 Å². The lowest BCUT2D eigenvalue weighted by Crippen LogP contribution is -2.57. The number of benzene rings is 3. The summed E-state index contributed by atoms with van der Waals surface area (Å²) in [6.07, 6.45) is 0. The summed E-state index contributed by atoms with van der Waals surface area (Å²) in [4.78, 5) is 41.2. The first kappa shape index (κ1) is 18.0. The van der Waals surface area contributed by atoms with Gasteiger partial charge in [-0.2, -0.15) is 0 Å². The summed E-state index contributed by atoms with van der Waals surface area (Å²) in [5.74, 6) is -3.12. The van der Waals surface area contributed by atoms with Gasteiger partial charge in [0.05, 0.1) is 11.6 Å². The van der Waals surface area contributed by atoms with E-state index in [0.717, 1.165) is 16.7 Å². The highest BCUT2D eigenvalue weighted by molar-refractivity contribution is 6.23. The number of anilines is 1. The van der Waals surface area contributed by atoms with E-state index in [-0.39, 0.29) is 16.7 Å². The van der Waals surface area contributed by atoms with Crippen LogP contribution < -0.4 is 4.90 Å². The molecule has 1 fully saturated rings. The third-order valence-corrected chi connectivity index (χ3v) is 7.12. The highest BCUT2D eigenvalue weighted by Crippen LogP contribution is 2.64. The molecule has 7 rings (SSSR count). The normalized spacial score (nSPS) is 27.6. The molecule has 2 bridgehead atoms. The molecule has 0 unspecified atom stereocenters. The number of carbonyl (C=O) groups excluding carboxylic acids is 2. The summed E-state index contributed by atoms with van der Waals surface area (Å²) < 4.78 is 0. The van der Waals surface area contributed by atoms with Gasteiger partial charge in [0.2, 0.25) is 11.8 Å². The molecule has 0 aromatic heterocycles. The number of aryl methyl sites for hydroxylation is 1. The van der Waals surface area contributed by atoms with Crippen LogP contribution in [-0.4, -0.2) is 16.7 Å².